The normalized spacial score (nSPS) is 28.1. The molecule has 22 heavy (non-hydrogen) atoms. The van der Waals surface area contributed by atoms with E-state index in [1.165, 1.54) is 24.8 Å². The zero-order chi connectivity index (χ0) is 15.4. The van der Waals surface area contributed by atoms with Crippen LogP contribution in [0.2, 0.25) is 0 Å². The van der Waals surface area contributed by atoms with Crippen LogP contribution in [0.15, 0.2) is 36.6 Å². The largest absolute Gasteiger partial charge is 0.344 e. The number of ether oxygens (including phenoxy) is 2. The van der Waals surface area contributed by atoms with Gasteiger partial charge in [-0.25, -0.2) is 0 Å². The Morgan fingerprint density at radius 1 is 1.18 bits per heavy atom. The van der Waals surface area contributed by atoms with Gasteiger partial charge in [-0.3, -0.25) is 4.98 Å². The van der Waals surface area contributed by atoms with Crippen LogP contribution in [0.25, 0.3) is 6.08 Å². The quantitative estimate of drug-likeness (QED) is 0.774. The maximum absolute atomic E-state index is 6.22. The van der Waals surface area contributed by atoms with E-state index < -0.39 is 0 Å². The predicted molar refractivity (Wildman–Crippen MR) is 88.4 cm³/mol. The molecular weight excluding hydrogens is 274 g/mol. The number of allylic oxidation sites excluding steroid dienone is 2. The molecule has 1 saturated heterocycles. The van der Waals surface area contributed by atoms with E-state index >= 15 is 0 Å². The molecule has 0 N–H and O–H groups in total. The maximum Gasteiger partial charge on any atom is 0.169 e. The Morgan fingerprint density at radius 3 is 2.77 bits per heavy atom. The van der Waals surface area contributed by atoms with Gasteiger partial charge < -0.3 is 9.47 Å². The predicted octanol–water partition coefficient (Wildman–Crippen LogP) is 4.42. The SMILES string of the molecule is Cc1cccnc1/C=C\C=C\[C@H]1OC2(CCCCC2)O[C@H]1C. The van der Waals surface area contributed by atoms with Crippen LogP contribution in [-0.4, -0.2) is 23.0 Å². The molecule has 0 amide bonds. The highest BCUT2D eigenvalue weighted by atomic mass is 16.8. The first kappa shape index (κ1) is 15.4. The molecule has 2 atom stereocenters. The Balaban J connectivity index is 1.60. The average Bonchev–Trinajstić information content (AvgIpc) is 2.81. The number of aromatic nitrogens is 1. The highest BCUT2D eigenvalue weighted by Crippen LogP contribution is 2.40. The van der Waals surface area contributed by atoms with Crippen LogP contribution in [-0.2, 0) is 9.47 Å². The zero-order valence-corrected chi connectivity index (χ0v) is 13.5. The van der Waals surface area contributed by atoms with Crippen molar-refractivity contribution in [2.24, 2.45) is 0 Å². The number of nitrogens with zero attached hydrogens (tertiary/aromatic N) is 1. The fraction of sp³-hybridized carbons (Fsp3) is 0.526. The van der Waals surface area contributed by atoms with Gasteiger partial charge in [0, 0.05) is 19.0 Å². The minimum atomic E-state index is -0.312. The molecule has 3 nitrogen and oxygen atoms in total. The van der Waals surface area contributed by atoms with Gasteiger partial charge >= 0.3 is 0 Å². The molecule has 1 aliphatic heterocycles. The van der Waals surface area contributed by atoms with E-state index in [0.29, 0.717) is 0 Å². The minimum absolute atomic E-state index is 0.0487. The van der Waals surface area contributed by atoms with Gasteiger partial charge in [0.2, 0.25) is 0 Å². The summed E-state index contributed by atoms with van der Waals surface area (Å²) in [6.45, 7) is 4.17. The third-order valence-electron chi connectivity index (χ3n) is 4.55. The van der Waals surface area contributed by atoms with Gasteiger partial charge in [0.05, 0.1) is 11.8 Å². The van der Waals surface area contributed by atoms with Crippen LogP contribution in [0, 0.1) is 6.92 Å². The minimum Gasteiger partial charge on any atom is -0.344 e. The average molecular weight is 299 g/mol. The van der Waals surface area contributed by atoms with Gasteiger partial charge in [-0.1, -0.05) is 30.7 Å². The van der Waals surface area contributed by atoms with E-state index in [1.807, 2.05) is 30.5 Å². The van der Waals surface area contributed by atoms with E-state index in [0.717, 1.165) is 18.5 Å². The molecule has 2 heterocycles. The van der Waals surface area contributed by atoms with E-state index in [2.05, 4.69) is 31.0 Å². The van der Waals surface area contributed by atoms with Crippen molar-refractivity contribution in [3.05, 3.63) is 47.8 Å². The van der Waals surface area contributed by atoms with Crippen LogP contribution in [0.4, 0.5) is 0 Å². The molecule has 1 aromatic rings. The molecule has 0 bridgehead atoms. The zero-order valence-electron chi connectivity index (χ0n) is 13.5. The standard InChI is InChI=1S/C19H25NO2/c1-15-9-8-14-20-17(15)10-4-5-11-18-16(2)21-19(22-18)12-6-3-7-13-19/h4-5,8-11,14,16,18H,3,6-7,12-13H2,1-2H3/b10-4-,11-5+/t16-,18+/m0/s1. The highest BCUT2D eigenvalue weighted by molar-refractivity contribution is 5.50. The van der Waals surface area contributed by atoms with Crippen molar-refractivity contribution in [2.75, 3.05) is 0 Å². The monoisotopic (exact) mass is 299 g/mol. The number of rotatable bonds is 3. The van der Waals surface area contributed by atoms with Gasteiger partial charge in [0.25, 0.3) is 0 Å². The lowest BCUT2D eigenvalue weighted by atomic mass is 9.94. The van der Waals surface area contributed by atoms with Crippen LogP contribution < -0.4 is 0 Å². The molecule has 1 aromatic heterocycles. The summed E-state index contributed by atoms with van der Waals surface area (Å²) >= 11 is 0. The summed E-state index contributed by atoms with van der Waals surface area (Å²) in [6, 6.07) is 4.02. The van der Waals surface area contributed by atoms with Gasteiger partial charge in [-0.05, 0) is 44.4 Å². The van der Waals surface area contributed by atoms with Crippen molar-refractivity contribution in [1.29, 1.82) is 0 Å². The number of hydrogen-bond acceptors (Lipinski definition) is 3. The van der Waals surface area contributed by atoms with E-state index in [-0.39, 0.29) is 18.0 Å². The lowest BCUT2D eigenvalue weighted by molar-refractivity contribution is -0.189. The Morgan fingerprint density at radius 2 is 2.00 bits per heavy atom. The second-order valence-electron chi connectivity index (χ2n) is 6.33. The third-order valence-corrected chi connectivity index (χ3v) is 4.55. The molecule has 0 unspecified atom stereocenters. The van der Waals surface area contributed by atoms with Crippen LogP contribution in [0.3, 0.4) is 0 Å². The molecule has 0 aromatic carbocycles. The summed E-state index contributed by atoms with van der Waals surface area (Å²) in [5, 5.41) is 0. The summed E-state index contributed by atoms with van der Waals surface area (Å²) in [5.41, 5.74) is 2.19. The summed E-state index contributed by atoms with van der Waals surface area (Å²) < 4.78 is 12.3. The van der Waals surface area contributed by atoms with Crippen LogP contribution in [0.5, 0.6) is 0 Å². The first-order valence-corrected chi connectivity index (χ1v) is 8.31. The highest BCUT2D eigenvalue weighted by Gasteiger charge is 2.45. The Bertz CT molecular complexity index is 558. The van der Waals surface area contributed by atoms with E-state index in [4.69, 9.17) is 9.47 Å². The first-order valence-electron chi connectivity index (χ1n) is 8.31. The van der Waals surface area contributed by atoms with Crippen LogP contribution >= 0.6 is 0 Å². The van der Waals surface area contributed by atoms with E-state index in [1.54, 1.807) is 0 Å². The van der Waals surface area contributed by atoms with Crippen molar-refractivity contribution >= 4 is 6.08 Å². The Labute approximate surface area is 133 Å². The van der Waals surface area contributed by atoms with Gasteiger partial charge in [-0.2, -0.15) is 0 Å². The Kier molecular flexibility index (Phi) is 4.74. The molecule has 1 spiro atoms. The second kappa shape index (κ2) is 6.76. The lowest BCUT2D eigenvalue weighted by Gasteiger charge is -2.31. The fourth-order valence-corrected chi connectivity index (χ4v) is 3.29. The molecule has 3 rings (SSSR count). The van der Waals surface area contributed by atoms with Gasteiger partial charge in [-0.15, -0.1) is 0 Å². The third kappa shape index (κ3) is 3.47. The summed E-state index contributed by atoms with van der Waals surface area (Å²) in [4.78, 5) is 4.35. The first-order chi connectivity index (χ1) is 10.7. The van der Waals surface area contributed by atoms with Gasteiger partial charge in [0.1, 0.15) is 6.10 Å². The smallest absolute Gasteiger partial charge is 0.169 e. The molecule has 118 valence electrons. The topological polar surface area (TPSA) is 31.4 Å². The molecule has 1 saturated carbocycles. The van der Waals surface area contributed by atoms with Gasteiger partial charge in [0.15, 0.2) is 5.79 Å². The summed E-state index contributed by atoms with van der Waals surface area (Å²) in [7, 11) is 0. The molecule has 0 radical (unpaired) electrons. The molecule has 3 heteroatoms. The van der Waals surface area contributed by atoms with Crippen molar-refractivity contribution < 1.29 is 9.47 Å². The van der Waals surface area contributed by atoms with E-state index in [9.17, 15) is 0 Å². The maximum atomic E-state index is 6.22. The fourth-order valence-electron chi connectivity index (χ4n) is 3.29. The number of pyridine rings is 1. The van der Waals surface area contributed by atoms with Crippen molar-refractivity contribution in [1.82, 2.24) is 4.98 Å². The van der Waals surface area contributed by atoms with Crippen molar-refractivity contribution in [3.8, 4) is 0 Å². The number of aryl methyl sites for hydroxylation is 1. The molecule has 2 fully saturated rings. The summed E-state index contributed by atoms with van der Waals surface area (Å²) in [5.74, 6) is -0.312. The molecule has 2 aliphatic rings. The van der Waals surface area contributed by atoms with Crippen molar-refractivity contribution in [3.63, 3.8) is 0 Å². The lowest BCUT2D eigenvalue weighted by Crippen LogP contribution is -2.33. The molecular formula is C19H25NO2. The molecule has 1 aliphatic carbocycles. The summed E-state index contributed by atoms with van der Waals surface area (Å²) in [6.07, 6.45) is 16.0. The number of hydrogen-bond donors (Lipinski definition) is 0. The van der Waals surface area contributed by atoms with Crippen molar-refractivity contribution in [2.45, 2.75) is 63.9 Å². The second-order valence-corrected chi connectivity index (χ2v) is 6.33. The Hall–Kier alpha value is -1.45. The van der Waals surface area contributed by atoms with Crippen LogP contribution in [0.1, 0.15) is 50.3 Å².